The van der Waals surface area contributed by atoms with E-state index in [1.165, 1.54) is 36.5 Å². The Morgan fingerprint density at radius 2 is 1.79 bits per heavy atom. The van der Waals surface area contributed by atoms with Crippen LogP contribution in [0.15, 0.2) is 47.4 Å². The van der Waals surface area contributed by atoms with E-state index < -0.39 is 28.9 Å². The van der Waals surface area contributed by atoms with E-state index >= 15 is 0 Å². The van der Waals surface area contributed by atoms with Crippen molar-refractivity contribution in [2.45, 2.75) is 12.8 Å². The number of aromatic amines is 3. The number of amides is 1. The zero-order valence-corrected chi connectivity index (χ0v) is 14.9. The molecule has 0 aliphatic heterocycles. The van der Waals surface area contributed by atoms with E-state index in [4.69, 9.17) is 0 Å². The SMILES string of the molecule is O=C(CCc1c(-c2ccc(F)cc2)[nH]c2c(F)cc(F)cc12)Nc1c[nH][nH]c1=O. The quantitative estimate of drug-likeness (QED) is 0.410. The van der Waals surface area contributed by atoms with Crippen molar-refractivity contribution in [3.63, 3.8) is 0 Å². The van der Waals surface area contributed by atoms with Gasteiger partial charge in [-0.2, -0.15) is 0 Å². The lowest BCUT2D eigenvalue weighted by atomic mass is 10.0. The topological polar surface area (TPSA) is 93.5 Å². The second-order valence-corrected chi connectivity index (χ2v) is 6.50. The first-order chi connectivity index (χ1) is 13.9. The van der Waals surface area contributed by atoms with Gasteiger partial charge in [0.1, 0.15) is 23.1 Å². The summed E-state index contributed by atoms with van der Waals surface area (Å²) in [5.41, 5.74) is 1.26. The summed E-state index contributed by atoms with van der Waals surface area (Å²) in [6, 6.07) is 7.49. The van der Waals surface area contributed by atoms with Gasteiger partial charge in [-0.15, -0.1) is 0 Å². The minimum absolute atomic E-state index is 0.0378. The molecule has 29 heavy (non-hydrogen) atoms. The van der Waals surface area contributed by atoms with Gasteiger partial charge in [0.2, 0.25) is 5.91 Å². The van der Waals surface area contributed by atoms with Gasteiger partial charge in [-0.1, -0.05) is 0 Å². The Balaban J connectivity index is 1.70. The van der Waals surface area contributed by atoms with E-state index in [2.05, 4.69) is 20.5 Å². The lowest BCUT2D eigenvalue weighted by Gasteiger charge is -2.06. The van der Waals surface area contributed by atoms with Crippen molar-refractivity contribution in [1.82, 2.24) is 15.2 Å². The molecule has 0 saturated heterocycles. The molecule has 1 amide bonds. The van der Waals surface area contributed by atoms with Crippen LogP contribution in [-0.4, -0.2) is 21.1 Å². The maximum absolute atomic E-state index is 14.3. The van der Waals surface area contributed by atoms with Crippen LogP contribution in [0.1, 0.15) is 12.0 Å². The fraction of sp³-hybridized carbons (Fsp3) is 0.100. The van der Waals surface area contributed by atoms with Crippen molar-refractivity contribution in [1.29, 1.82) is 0 Å². The molecule has 9 heteroatoms. The second kappa shape index (κ2) is 7.34. The van der Waals surface area contributed by atoms with Gasteiger partial charge in [-0.25, -0.2) is 13.2 Å². The van der Waals surface area contributed by atoms with Crippen molar-refractivity contribution < 1.29 is 18.0 Å². The number of hydrogen-bond donors (Lipinski definition) is 4. The summed E-state index contributed by atoms with van der Waals surface area (Å²) in [6.07, 6.45) is 1.42. The predicted octanol–water partition coefficient (Wildman–Crippen LogP) is 3.84. The van der Waals surface area contributed by atoms with Gasteiger partial charge >= 0.3 is 0 Å². The van der Waals surface area contributed by atoms with Gasteiger partial charge in [0.15, 0.2) is 0 Å². The molecule has 0 unspecified atom stereocenters. The predicted molar refractivity (Wildman–Crippen MR) is 102 cm³/mol. The molecule has 4 aromatic rings. The molecule has 0 radical (unpaired) electrons. The highest BCUT2D eigenvalue weighted by atomic mass is 19.1. The Labute approximate surface area is 161 Å². The van der Waals surface area contributed by atoms with Crippen molar-refractivity contribution in [2.24, 2.45) is 0 Å². The first-order valence-corrected chi connectivity index (χ1v) is 8.74. The third kappa shape index (κ3) is 3.66. The summed E-state index contributed by atoms with van der Waals surface area (Å²) in [6.45, 7) is 0. The number of hydrogen-bond acceptors (Lipinski definition) is 2. The number of halogens is 3. The number of rotatable bonds is 5. The van der Waals surface area contributed by atoms with E-state index in [0.29, 0.717) is 22.2 Å². The van der Waals surface area contributed by atoms with E-state index in [9.17, 15) is 22.8 Å². The molecule has 0 atom stereocenters. The Kier molecular flexibility index (Phi) is 4.71. The molecule has 2 aromatic carbocycles. The molecule has 0 fully saturated rings. The van der Waals surface area contributed by atoms with Crippen LogP contribution in [0.25, 0.3) is 22.2 Å². The van der Waals surface area contributed by atoms with Gasteiger partial charge in [0.25, 0.3) is 5.56 Å². The number of nitrogens with one attached hydrogen (secondary N) is 4. The van der Waals surface area contributed by atoms with Gasteiger partial charge in [0.05, 0.1) is 5.52 Å². The molecule has 2 heterocycles. The number of fused-ring (bicyclic) bond motifs is 1. The van der Waals surface area contributed by atoms with E-state index in [-0.39, 0.29) is 24.0 Å². The van der Waals surface area contributed by atoms with Gasteiger partial charge in [-0.05, 0) is 47.9 Å². The van der Waals surface area contributed by atoms with E-state index in [1.54, 1.807) is 0 Å². The third-order valence-corrected chi connectivity index (χ3v) is 4.59. The first-order valence-electron chi connectivity index (χ1n) is 8.74. The van der Waals surface area contributed by atoms with E-state index in [1.807, 2.05) is 0 Å². The van der Waals surface area contributed by atoms with Crippen LogP contribution in [0.3, 0.4) is 0 Å². The smallest absolute Gasteiger partial charge is 0.287 e. The van der Waals surface area contributed by atoms with Crippen molar-refractivity contribution in [3.8, 4) is 11.3 Å². The van der Waals surface area contributed by atoms with E-state index in [0.717, 1.165) is 6.07 Å². The zero-order chi connectivity index (χ0) is 20.5. The number of carbonyl (C=O) groups excluding carboxylic acids is 1. The minimum atomic E-state index is -0.766. The van der Waals surface area contributed by atoms with Gasteiger partial charge < -0.3 is 15.4 Å². The molecular weight excluding hydrogens is 385 g/mol. The van der Waals surface area contributed by atoms with Crippen LogP contribution >= 0.6 is 0 Å². The standard InChI is InChI=1S/C20H15F3N4O2/c21-11-3-1-10(2-4-11)18-13(14-7-12(22)8-15(23)19(14)26-18)5-6-17(28)25-16-9-24-27-20(16)29/h1-4,7-9,26H,5-6H2,(H,25,28)(H2,24,27,29). The fourth-order valence-electron chi connectivity index (χ4n) is 3.25. The summed E-state index contributed by atoms with van der Waals surface area (Å²) in [5.74, 6) is -2.38. The number of aromatic nitrogens is 3. The Morgan fingerprint density at radius 3 is 2.48 bits per heavy atom. The van der Waals surface area contributed by atoms with Crippen molar-refractivity contribution in [2.75, 3.05) is 5.32 Å². The third-order valence-electron chi connectivity index (χ3n) is 4.59. The molecule has 0 bridgehead atoms. The number of H-pyrrole nitrogens is 3. The highest BCUT2D eigenvalue weighted by Gasteiger charge is 2.18. The van der Waals surface area contributed by atoms with Crippen molar-refractivity contribution in [3.05, 3.63) is 76.0 Å². The monoisotopic (exact) mass is 400 g/mol. The van der Waals surface area contributed by atoms with Crippen LogP contribution in [0, 0.1) is 17.5 Å². The Hall–Kier alpha value is -3.75. The van der Waals surface area contributed by atoms with Crippen LogP contribution in [0.4, 0.5) is 18.9 Å². The number of carbonyl (C=O) groups is 1. The molecule has 0 aliphatic rings. The average Bonchev–Trinajstić information content (AvgIpc) is 3.24. The van der Waals surface area contributed by atoms with Crippen LogP contribution < -0.4 is 10.9 Å². The summed E-state index contributed by atoms with van der Waals surface area (Å²) >= 11 is 0. The Morgan fingerprint density at radius 1 is 1.03 bits per heavy atom. The second-order valence-electron chi connectivity index (χ2n) is 6.50. The molecule has 4 N–H and O–H groups in total. The number of benzene rings is 2. The number of anilines is 1. The first kappa shape index (κ1) is 18.6. The molecule has 0 spiro atoms. The summed E-state index contributed by atoms with van der Waals surface area (Å²) in [5, 5.41) is 7.54. The highest BCUT2D eigenvalue weighted by Crippen LogP contribution is 2.33. The molecule has 2 aromatic heterocycles. The highest BCUT2D eigenvalue weighted by molar-refractivity contribution is 5.94. The molecular formula is C20H15F3N4O2. The summed E-state index contributed by atoms with van der Waals surface area (Å²) < 4.78 is 41.4. The van der Waals surface area contributed by atoms with Crippen LogP contribution in [-0.2, 0) is 11.2 Å². The molecule has 4 rings (SSSR count). The minimum Gasteiger partial charge on any atom is -0.352 e. The normalized spacial score (nSPS) is 11.1. The summed E-state index contributed by atoms with van der Waals surface area (Å²) in [7, 11) is 0. The molecule has 0 saturated carbocycles. The summed E-state index contributed by atoms with van der Waals surface area (Å²) in [4.78, 5) is 26.6. The zero-order valence-electron chi connectivity index (χ0n) is 14.9. The maximum Gasteiger partial charge on any atom is 0.287 e. The van der Waals surface area contributed by atoms with Crippen molar-refractivity contribution >= 4 is 22.5 Å². The maximum atomic E-state index is 14.3. The van der Waals surface area contributed by atoms with Crippen LogP contribution in [0.5, 0.6) is 0 Å². The molecule has 6 nitrogen and oxygen atoms in total. The number of aryl methyl sites for hydroxylation is 1. The molecule has 148 valence electrons. The lowest BCUT2D eigenvalue weighted by Crippen LogP contribution is -2.17. The van der Waals surface area contributed by atoms with Gasteiger partial charge in [-0.3, -0.25) is 14.7 Å². The largest absolute Gasteiger partial charge is 0.352 e. The fourth-order valence-corrected chi connectivity index (χ4v) is 3.25. The lowest BCUT2D eigenvalue weighted by molar-refractivity contribution is -0.116. The average molecular weight is 400 g/mol. The van der Waals surface area contributed by atoms with Gasteiger partial charge in [0, 0.05) is 29.8 Å². The molecule has 0 aliphatic carbocycles. The Bertz CT molecular complexity index is 1260. The van der Waals surface area contributed by atoms with Crippen LogP contribution in [0.2, 0.25) is 0 Å².